The third-order valence-corrected chi connectivity index (χ3v) is 4.52. The van der Waals surface area contributed by atoms with Crippen LogP contribution < -0.4 is 0 Å². The molecule has 0 N–H and O–H groups in total. The third kappa shape index (κ3) is 4.80. The average molecular weight is 370 g/mol. The van der Waals surface area contributed by atoms with Gasteiger partial charge in [0.25, 0.3) is 0 Å². The lowest BCUT2D eigenvalue weighted by molar-refractivity contribution is 0.0472. The van der Waals surface area contributed by atoms with Crippen molar-refractivity contribution in [2.45, 2.75) is 12.4 Å². The first-order valence-electron chi connectivity index (χ1n) is 7.93. The van der Waals surface area contributed by atoms with Gasteiger partial charge in [-0.05, 0) is 41.5 Å². The highest BCUT2D eigenvalue weighted by molar-refractivity contribution is 7.89. The molecule has 1 heterocycles. The van der Waals surface area contributed by atoms with Gasteiger partial charge in [-0.25, -0.2) is 17.9 Å². The van der Waals surface area contributed by atoms with Crippen LogP contribution in [0.4, 0.5) is 0 Å². The molecule has 0 spiro atoms. The van der Waals surface area contributed by atoms with E-state index in [1.54, 1.807) is 35.1 Å². The lowest BCUT2D eigenvalue weighted by Gasteiger charge is -2.07. The summed E-state index contributed by atoms with van der Waals surface area (Å²) in [5, 5.41) is 4.15. The van der Waals surface area contributed by atoms with Crippen LogP contribution in [0.2, 0.25) is 0 Å². The predicted molar refractivity (Wildman–Crippen MR) is 97.7 cm³/mol. The first-order chi connectivity index (χ1) is 12.4. The fraction of sp³-hybridized carbons (Fsp3) is 0.158. The highest BCUT2D eigenvalue weighted by atomic mass is 32.2. The minimum absolute atomic E-state index is 0.108. The van der Waals surface area contributed by atoms with Gasteiger partial charge in [-0.2, -0.15) is 5.10 Å². The van der Waals surface area contributed by atoms with Gasteiger partial charge in [0.1, 0.15) is 6.61 Å². The zero-order valence-corrected chi connectivity index (χ0v) is 15.0. The summed E-state index contributed by atoms with van der Waals surface area (Å²) in [5.74, 6) is -0.597. The normalized spacial score (nSPS) is 11.3. The van der Waals surface area contributed by atoms with Crippen LogP contribution in [0.15, 0.2) is 67.0 Å². The van der Waals surface area contributed by atoms with E-state index >= 15 is 0 Å². The summed E-state index contributed by atoms with van der Waals surface area (Å²) in [7, 11) is -3.16. The van der Waals surface area contributed by atoms with Crippen molar-refractivity contribution in [3.63, 3.8) is 0 Å². The number of hydrogen-bond acceptors (Lipinski definition) is 5. The number of ether oxygens (including phenoxy) is 1. The quantitative estimate of drug-likeness (QED) is 0.624. The van der Waals surface area contributed by atoms with Crippen molar-refractivity contribution in [1.29, 1.82) is 0 Å². The highest BCUT2D eigenvalue weighted by Gasteiger charge is 2.11. The molecule has 0 aliphatic rings. The van der Waals surface area contributed by atoms with E-state index in [1.165, 1.54) is 0 Å². The molecule has 0 amide bonds. The molecule has 0 atom stereocenters. The van der Waals surface area contributed by atoms with Crippen LogP contribution in [0.25, 0.3) is 5.69 Å². The van der Waals surface area contributed by atoms with Crippen molar-refractivity contribution in [1.82, 2.24) is 9.78 Å². The Morgan fingerprint density at radius 2 is 1.85 bits per heavy atom. The number of hydrogen-bond donors (Lipinski definition) is 0. The van der Waals surface area contributed by atoms with Gasteiger partial charge in [-0.15, -0.1) is 0 Å². The molecule has 7 heteroatoms. The summed E-state index contributed by atoms with van der Waals surface area (Å²) in [6.45, 7) is 0.133. The molecule has 1 aromatic heterocycles. The van der Waals surface area contributed by atoms with Crippen LogP contribution >= 0.6 is 0 Å². The molecule has 3 aromatic rings. The van der Waals surface area contributed by atoms with Gasteiger partial charge in [0.15, 0.2) is 9.84 Å². The Morgan fingerprint density at radius 3 is 2.50 bits per heavy atom. The molecular formula is C19H18N2O4S. The number of rotatable bonds is 6. The smallest absolute Gasteiger partial charge is 0.338 e. The van der Waals surface area contributed by atoms with Crippen molar-refractivity contribution in [2.75, 3.05) is 6.26 Å². The standard InChI is InChI=1S/C19H18N2O4S/c1-26(23,24)14-16-4-2-5-17(12-16)19(22)25-13-15-6-8-18(9-7-15)21-11-3-10-20-21/h2-12H,13-14H2,1H3. The molecule has 3 rings (SSSR count). The molecule has 0 saturated heterocycles. The fourth-order valence-corrected chi connectivity index (χ4v) is 3.27. The topological polar surface area (TPSA) is 78.3 Å². The van der Waals surface area contributed by atoms with Crippen LogP contribution in [0.5, 0.6) is 0 Å². The van der Waals surface area contributed by atoms with E-state index in [2.05, 4.69) is 5.10 Å². The number of esters is 1. The Hall–Kier alpha value is -2.93. The van der Waals surface area contributed by atoms with Gasteiger partial charge in [-0.3, -0.25) is 0 Å². The number of benzene rings is 2. The summed E-state index contributed by atoms with van der Waals surface area (Å²) < 4.78 is 29.8. The molecule has 0 aliphatic carbocycles. The SMILES string of the molecule is CS(=O)(=O)Cc1cccc(C(=O)OCc2ccc(-n3cccn3)cc2)c1. The molecule has 0 bridgehead atoms. The molecular weight excluding hydrogens is 352 g/mol. The largest absolute Gasteiger partial charge is 0.457 e. The van der Waals surface area contributed by atoms with E-state index < -0.39 is 15.8 Å². The molecule has 0 aliphatic heterocycles. The van der Waals surface area contributed by atoms with Gasteiger partial charge in [0.2, 0.25) is 0 Å². The molecule has 0 unspecified atom stereocenters. The fourth-order valence-electron chi connectivity index (χ4n) is 2.49. The molecule has 0 saturated carbocycles. The summed E-state index contributed by atoms with van der Waals surface area (Å²) in [6, 6.07) is 15.8. The minimum atomic E-state index is -3.16. The number of carbonyl (C=O) groups is 1. The third-order valence-electron chi connectivity index (χ3n) is 3.67. The first-order valence-corrected chi connectivity index (χ1v) is 9.99. The van der Waals surface area contributed by atoms with E-state index in [4.69, 9.17) is 4.74 Å². The minimum Gasteiger partial charge on any atom is -0.457 e. The monoisotopic (exact) mass is 370 g/mol. The zero-order valence-electron chi connectivity index (χ0n) is 14.2. The van der Waals surface area contributed by atoms with Crippen LogP contribution in [0.1, 0.15) is 21.5 Å². The molecule has 0 fully saturated rings. The van der Waals surface area contributed by atoms with Crippen molar-refractivity contribution >= 4 is 15.8 Å². The lowest BCUT2D eigenvalue weighted by Crippen LogP contribution is -2.07. The predicted octanol–water partition coefficient (Wildman–Crippen LogP) is 2.77. The van der Waals surface area contributed by atoms with E-state index in [1.807, 2.05) is 36.5 Å². The Bertz CT molecular complexity index is 994. The van der Waals surface area contributed by atoms with Crippen molar-refractivity contribution in [2.24, 2.45) is 0 Å². The van der Waals surface area contributed by atoms with Crippen molar-refractivity contribution in [3.05, 3.63) is 83.7 Å². The number of carbonyl (C=O) groups excluding carboxylic acids is 1. The molecule has 26 heavy (non-hydrogen) atoms. The highest BCUT2D eigenvalue weighted by Crippen LogP contribution is 2.13. The second kappa shape index (κ2) is 7.53. The van der Waals surface area contributed by atoms with Crippen molar-refractivity contribution in [3.8, 4) is 5.69 Å². The lowest BCUT2D eigenvalue weighted by atomic mass is 10.1. The molecule has 0 radical (unpaired) electrons. The summed E-state index contributed by atoms with van der Waals surface area (Å²) in [5.41, 5.74) is 2.66. The maximum absolute atomic E-state index is 12.2. The molecule has 2 aromatic carbocycles. The first kappa shape index (κ1) is 17.9. The van der Waals surface area contributed by atoms with Crippen LogP contribution in [-0.4, -0.2) is 30.4 Å². The van der Waals surface area contributed by atoms with Crippen LogP contribution in [0, 0.1) is 0 Å². The van der Waals surface area contributed by atoms with Gasteiger partial charge in [0, 0.05) is 18.6 Å². The Kier molecular flexibility index (Phi) is 5.18. The molecule has 6 nitrogen and oxygen atoms in total. The number of nitrogens with zero attached hydrogens (tertiary/aromatic N) is 2. The number of sulfone groups is 1. The van der Waals surface area contributed by atoms with E-state index in [0.29, 0.717) is 11.1 Å². The summed E-state index contributed by atoms with van der Waals surface area (Å²) in [6.07, 6.45) is 4.71. The van der Waals surface area contributed by atoms with Crippen LogP contribution in [-0.2, 0) is 26.9 Å². The van der Waals surface area contributed by atoms with E-state index in [9.17, 15) is 13.2 Å². The maximum Gasteiger partial charge on any atom is 0.338 e. The van der Waals surface area contributed by atoms with Gasteiger partial charge in [-0.1, -0.05) is 24.3 Å². The second-order valence-electron chi connectivity index (χ2n) is 5.96. The van der Waals surface area contributed by atoms with E-state index in [-0.39, 0.29) is 12.4 Å². The van der Waals surface area contributed by atoms with Crippen LogP contribution in [0.3, 0.4) is 0 Å². The van der Waals surface area contributed by atoms with Gasteiger partial charge < -0.3 is 4.74 Å². The Balaban J connectivity index is 1.63. The molecule has 134 valence electrons. The van der Waals surface area contributed by atoms with Crippen molar-refractivity contribution < 1.29 is 17.9 Å². The average Bonchev–Trinajstić information content (AvgIpc) is 3.13. The summed E-state index contributed by atoms with van der Waals surface area (Å²) in [4.78, 5) is 12.2. The maximum atomic E-state index is 12.2. The van der Waals surface area contributed by atoms with E-state index in [0.717, 1.165) is 17.5 Å². The second-order valence-corrected chi connectivity index (χ2v) is 8.10. The van der Waals surface area contributed by atoms with Gasteiger partial charge >= 0.3 is 5.97 Å². The Labute approximate surface area is 152 Å². The Morgan fingerprint density at radius 1 is 1.08 bits per heavy atom. The summed E-state index contributed by atoms with van der Waals surface area (Å²) >= 11 is 0. The number of aromatic nitrogens is 2. The van der Waals surface area contributed by atoms with Gasteiger partial charge in [0.05, 0.1) is 17.0 Å². The zero-order chi connectivity index (χ0) is 18.6.